The van der Waals surface area contributed by atoms with E-state index in [0.717, 1.165) is 25.8 Å². The molecule has 0 aliphatic carbocycles. The molecule has 0 aliphatic heterocycles. The highest BCUT2D eigenvalue weighted by Gasteiger charge is 2.12. The summed E-state index contributed by atoms with van der Waals surface area (Å²) in [4.78, 5) is 14.4. The van der Waals surface area contributed by atoms with Gasteiger partial charge in [0.1, 0.15) is 11.5 Å². The third kappa shape index (κ3) is 4.82. The Morgan fingerprint density at radius 3 is 2.74 bits per heavy atom. The molecule has 0 radical (unpaired) electrons. The fourth-order valence-electron chi connectivity index (χ4n) is 2.03. The molecule has 0 spiro atoms. The Labute approximate surface area is 113 Å². The van der Waals surface area contributed by atoms with Gasteiger partial charge in [-0.2, -0.15) is 0 Å². The minimum Gasteiger partial charge on any atom is -0.396 e. The molecule has 1 aromatic heterocycles. The van der Waals surface area contributed by atoms with E-state index in [0.29, 0.717) is 17.4 Å². The first-order valence-corrected chi connectivity index (χ1v) is 6.55. The second-order valence-electron chi connectivity index (χ2n) is 4.61. The largest absolute Gasteiger partial charge is 0.396 e. The number of nitrogens with zero attached hydrogens (tertiary/aromatic N) is 2. The topological polar surface area (TPSA) is 88.3 Å². The van der Waals surface area contributed by atoms with Crippen molar-refractivity contribution in [2.45, 2.75) is 33.1 Å². The number of nitro groups is 1. The van der Waals surface area contributed by atoms with Crippen molar-refractivity contribution in [1.82, 2.24) is 4.98 Å². The fraction of sp³-hybridized carbons (Fsp3) is 0.615. The smallest absolute Gasteiger partial charge is 0.290 e. The Balaban J connectivity index is 2.62. The van der Waals surface area contributed by atoms with Crippen LogP contribution in [-0.2, 0) is 0 Å². The number of aryl methyl sites for hydroxylation is 1. The van der Waals surface area contributed by atoms with Gasteiger partial charge in [-0.05, 0) is 31.7 Å². The van der Waals surface area contributed by atoms with E-state index in [9.17, 15) is 10.1 Å². The molecule has 0 saturated carbocycles. The van der Waals surface area contributed by atoms with E-state index in [1.54, 1.807) is 13.0 Å². The summed E-state index contributed by atoms with van der Waals surface area (Å²) in [6.45, 7) is 4.64. The minimum atomic E-state index is -0.433. The van der Waals surface area contributed by atoms with Crippen LogP contribution in [-0.4, -0.2) is 28.2 Å². The number of rotatable bonds is 8. The Morgan fingerprint density at radius 1 is 1.47 bits per heavy atom. The maximum absolute atomic E-state index is 10.7. The van der Waals surface area contributed by atoms with E-state index >= 15 is 0 Å². The molecule has 6 heteroatoms. The zero-order chi connectivity index (χ0) is 14.3. The van der Waals surface area contributed by atoms with Gasteiger partial charge in [0, 0.05) is 19.2 Å². The predicted octanol–water partition coefficient (Wildman–Crippen LogP) is 2.51. The summed E-state index contributed by atoms with van der Waals surface area (Å²) in [5, 5.41) is 22.8. The number of pyridine rings is 1. The molecule has 0 saturated heterocycles. The van der Waals surface area contributed by atoms with Gasteiger partial charge in [-0.15, -0.1) is 0 Å². The lowest BCUT2D eigenvalue weighted by atomic mass is 10.0. The molecule has 1 rings (SSSR count). The van der Waals surface area contributed by atoms with Crippen LogP contribution in [0.5, 0.6) is 0 Å². The van der Waals surface area contributed by atoms with Gasteiger partial charge in [0.2, 0.25) is 0 Å². The average molecular weight is 267 g/mol. The van der Waals surface area contributed by atoms with Crippen molar-refractivity contribution in [2.75, 3.05) is 18.5 Å². The number of hydrogen-bond acceptors (Lipinski definition) is 5. The van der Waals surface area contributed by atoms with E-state index in [4.69, 9.17) is 5.11 Å². The quantitative estimate of drug-likeness (QED) is 0.558. The first kappa shape index (κ1) is 15.4. The molecule has 1 atom stereocenters. The molecule has 2 N–H and O–H groups in total. The number of hydrogen-bond donors (Lipinski definition) is 2. The highest BCUT2D eigenvalue weighted by atomic mass is 16.6. The van der Waals surface area contributed by atoms with Crippen LogP contribution in [0.2, 0.25) is 0 Å². The van der Waals surface area contributed by atoms with Gasteiger partial charge in [-0.25, -0.2) is 4.98 Å². The summed E-state index contributed by atoms with van der Waals surface area (Å²) in [6.07, 6.45) is 2.87. The van der Waals surface area contributed by atoms with E-state index in [-0.39, 0.29) is 12.3 Å². The Kier molecular flexibility index (Phi) is 6.21. The molecule has 1 unspecified atom stereocenters. The normalized spacial score (nSPS) is 12.2. The van der Waals surface area contributed by atoms with Gasteiger partial charge in [-0.1, -0.05) is 13.3 Å². The highest BCUT2D eigenvalue weighted by molar-refractivity contribution is 5.44. The van der Waals surface area contributed by atoms with Crippen LogP contribution >= 0.6 is 0 Å². The molecule has 0 aromatic carbocycles. The predicted molar refractivity (Wildman–Crippen MR) is 74.2 cm³/mol. The first-order chi connectivity index (χ1) is 9.08. The maximum atomic E-state index is 10.7. The summed E-state index contributed by atoms with van der Waals surface area (Å²) in [7, 11) is 0. The molecule has 1 heterocycles. The van der Waals surface area contributed by atoms with Crippen LogP contribution in [0.25, 0.3) is 0 Å². The summed E-state index contributed by atoms with van der Waals surface area (Å²) in [6, 6.07) is 3.08. The van der Waals surface area contributed by atoms with Gasteiger partial charge in [-0.3, -0.25) is 10.1 Å². The third-order valence-corrected chi connectivity index (χ3v) is 3.06. The fourth-order valence-corrected chi connectivity index (χ4v) is 2.03. The molecular weight excluding hydrogens is 246 g/mol. The van der Waals surface area contributed by atoms with Gasteiger partial charge < -0.3 is 10.4 Å². The van der Waals surface area contributed by atoms with Gasteiger partial charge in [0.05, 0.1) is 4.92 Å². The van der Waals surface area contributed by atoms with Crippen LogP contribution in [0.3, 0.4) is 0 Å². The standard InChI is InChI=1S/C13H21N3O3/c1-3-4-11(7-8-17)9-14-13-6-5-12(16(18)19)10(2)15-13/h5-6,11,17H,3-4,7-9H2,1-2H3,(H,14,15). The molecule has 0 fully saturated rings. The van der Waals surface area contributed by atoms with Crippen molar-refractivity contribution < 1.29 is 10.0 Å². The van der Waals surface area contributed by atoms with E-state index in [1.807, 2.05) is 0 Å². The molecule has 0 bridgehead atoms. The Morgan fingerprint density at radius 2 is 2.21 bits per heavy atom. The zero-order valence-corrected chi connectivity index (χ0v) is 11.4. The van der Waals surface area contributed by atoms with Crippen molar-refractivity contribution in [2.24, 2.45) is 5.92 Å². The molecule has 1 aromatic rings. The van der Waals surface area contributed by atoms with E-state index in [2.05, 4.69) is 17.2 Å². The number of anilines is 1. The lowest BCUT2D eigenvalue weighted by Gasteiger charge is -2.16. The van der Waals surface area contributed by atoms with Crippen LogP contribution in [0.1, 0.15) is 31.9 Å². The average Bonchev–Trinajstić information content (AvgIpc) is 2.36. The van der Waals surface area contributed by atoms with Gasteiger partial charge in [0.25, 0.3) is 5.69 Å². The number of aliphatic hydroxyl groups excluding tert-OH is 1. The Bertz CT molecular complexity index is 418. The lowest BCUT2D eigenvalue weighted by molar-refractivity contribution is -0.385. The van der Waals surface area contributed by atoms with Crippen LogP contribution in [0.4, 0.5) is 11.5 Å². The van der Waals surface area contributed by atoms with Crippen LogP contribution < -0.4 is 5.32 Å². The maximum Gasteiger partial charge on any atom is 0.290 e. The molecule has 106 valence electrons. The summed E-state index contributed by atoms with van der Waals surface area (Å²) in [5.41, 5.74) is 0.440. The third-order valence-electron chi connectivity index (χ3n) is 3.06. The molecule has 0 amide bonds. The highest BCUT2D eigenvalue weighted by Crippen LogP contribution is 2.18. The van der Waals surface area contributed by atoms with Crippen LogP contribution in [0, 0.1) is 23.0 Å². The summed E-state index contributed by atoms with van der Waals surface area (Å²) in [5.74, 6) is 1.04. The van der Waals surface area contributed by atoms with Crippen LogP contribution in [0.15, 0.2) is 12.1 Å². The molecule has 6 nitrogen and oxygen atoms in total. The molecular formula is C13H21N3O3. The van der Waals surface area contributed by atoms with E-state index in [1.165, 1.54) is 6.07 Å². The minimum absolute atomic E-state index is 0.0333. The molecule has 0 aliphatic rings. The SMILES string of the molecule is CCCC(CCO)CNc1ccc([N+](=O)[O-])c(C)n1. The van der Waals surface area contributed by atoms with Crippen molar-refractivity contribution in [1.29, 1.82) is 0 Å². The number of aliphatic hydroxyl groups is 1. The zero-order valence-electron chi connectivity index (χ0n) is 11.4. The first-order valence-electron chi connectivity index (χ1n) is 6.55. The second-order valence-corrected chi connectivity index (χ2v) is 4.61. The van der Waals surface area contributed by atoms with Gasteiger partial charge in [0.15, 0.2) is 0 Å². The second kappa shape index (κ2) is 7.68. The van der Waals surface area contributed by atoms with Crippen molar-refractivity contribution in [3.05, 3.63) is 27.9 Å². The summed E-state index contributed by atoms with van der Waals surface area (Å²) >= 11 is 0. The van der Waals surface area contributed by atoms with Crippen molar-refractivity contribution in [3.8, 4) is 0 Å². The lowest BCUT2D eigenvalue weighted by Crippen LogP contribution is -2.16. The number of aromatic nitrogens is 1. The van der Waals surface area contributed by atoms with Crippen molar-refractivity contribution >= 4 is 11.5 Å². The number of nitrogens with one attached hydrogen (secondary N) is 1. The molecule has 19 heavy (non-hydrogen) atoms. The van der Waals surface area contributed by atoms with E-state index < -0.39 is 4.92 Å². The monoisotopic (exact) mass is 267 g/mol. The van der Waals surface area contributed by atoms with Gasteiger partial charge >= 0.3 is 0 Å². The Hall–Kier alpha value is -1.69. The summed E-state index contributed by atoms with van der Waals surface area (Å²) < 4.78 is 0. The van der Waals surface area contributed by atoms with Crippen molar-refractivity contribution in [3.63, 3.8) is 0 Å².